The van der Waals surface area contributed by atoms with E-state index >= 15 is 0 Å². The minimum Gasteiger partial charge on any atom is -0.322 e. The van der Waals surface area contributed by atoms with Gasteiger partial charge < -0.3 is 4.40 Å². The second kappa shape index (κ2) is 4.94. The number of pyridine rings is 1. The van der Waals surface area contributed by atoms with E-state index in [1.165, 1.54) is 0 Å². The molecular formula is C16H11ClN2O. The average Bonchev–Trinajstić information content (AvgIpc) is 2.86. The summed E-state index contributed by atoms with van der Waals surface area (Å²) in [5, 5.41) is 0.659. The normalized spacial score (nSPS) is 10.7. The summed E-state index contributed by atoms with van der Waals surface area (Å²) < 4.78 is 1.91. The van der Waals surface area contributed by atoms with Gasteiger partial charge in [0.15, 0.2) is 0 Å². The number of aliphatic imine (C=N–C) groups is 1. The fourth-order valence-corrected chi connectivity index (χ4v) is 2.40. The standard InChI is InChI=1S/C16H11ClN2O/c1-18-16(20)15-13(11-5-7-12(17)8-6-11)10-19-9-3-2-4-14(15)19/h2-10H,1H2. The number of halogens is 1. The highest BCUT2D eigenvalue weighted by molar-refractivity contribution is 6.30. The van der Waals surface area contributed by atoms with E-state index in [1.807, 2.05) is 47.1 Å². The van der Waals surface area contributed by atoms with Crippen LogP contribution in [0.5, 0.6) is 0 Å². The largest absolute Gasteiger partial charge is 0.322 e. The number of fused-ring (bicyclic) bond motifs is 1. The van der Waals surface area contributed by atoms with Crippen LogP contribution in [0, 0.1) is 0 Å². The van der Waals surface area contributed by atoms with E-state index < -0.39 is 0 Å². The lowest BCUT2D eigenvalue weighted by molar-refractivity contribution is 0.101. The Hall–Kier alpha value is -2.39. The van der Waals surface area contributed by atoms with Crippen LogP contribution in [0.25, 0.3) is 16.6 Å². The number of carbonyl (C=O) groups is 1. The van der Waals surface area contributed by atoms with Crippen molar-refractivity contribution >= 4 is 29.7 Å². The van der Waals surface area contributed by atoms with Gasteiger partial charge in [-0.2, -0.15) is 0 Å². The third kappa shape index (κ3) is 2.02. The first-order valence-electron chi connectivity index (χ1n) is 6.07. The van der Waals surface area contributed by atoms with E-state index in [-0.39, 0.29) is 5.91 Å². The van der Waals surface area contributed by atoms with E-state index in [9.17, 15) is 4.79 Å². The Morgan fingerprint density at radius 2 is 1.90 bits per heavy atom. The van der Waals surface area contributed by atoms with Gasteiger partial charge in [0.25, 0.3) is 5.91 Å². The van der Waals surface area contributed by atoms with E-state index in [4.69, 9.17) is 11.6 Å². The number of hydrogen-bond donors (Lipinski definition) is 0. The summed E-state index contributed by atoms with van der Waals surface area (Å²) >= 11 is 5.91. The highest BCUT2D eigenvalue weighted by atomic mass is 35.5. The van der Waals surface area contributed by atoms with Gasteiger partial charge in [0.2, 0.25) is 0 Å². The molecule has 0 aliphatic carbocycles. The number of rotatable bonds is 2. The third-order valence-electron chi connectivity index (χ3n) is 3.20. The van der Waals surface area contributed by atoms with Crippen LogP contribution in [0.1, 0.15) is 10.4 Å². The summed E-state index contributed by atoms with van der Waals surface area (Å²) in [6, 6.07) is 13.1. The molecule has 0 spiro atoms. The molecule has 0 saturated carbocycles. The Bertz CT molecular complexity index is 803. The summed E-state index contributed by atoms with van der Waals surface area (Å²) in [6.45, 7) is 3.34. The molecule has 0 N–H and O–H groups in total. The molecular weight excluding hydrogens is 272 g/mol. The molecule has 0 radical (unpaired) electrons. The summed E-state index contributed by atoms with van der Waals surface area (Å²) in [5.41, 5.74) is 3.12. The van der Waals surface area contributed by atoms with Gasteiger partial charge >= 0.3 is 0 Å². The van der Waals surface area contributed by atoms with Gasteiger partial charge in [-0.1, -0.05) is 29.8 Å². The molecule has 2 heterocycles. The predicted octanol–water partition coefficient (Wildman–Crippen LogP) is 4.10. The monoisotopic (exact) mass is 282 g/mol. The van der Waals surface area contributed by atoms with Crippen LogP contribution in [-0.4, -0.2) is 17.0 Å². The summed E-state index contributed by atoms with van der Waals surface area (Å²) in [7, 11) is 0. The molecule has 1 amide bonds. The molecule has 3 nitrogen and oxygen atoms in total. The maximum atomic E-state index is 12.1. The van der Waals surface area contributed by atoms with Gasteiger partial charge in [-0.25, -0.2) is 4.99 Å². The van der Waals surface area contributed by atoms with Crippen LogP contribution in [0.15, 0.2) is 59.9 Å². The van der Waals surface area contributed by atoms with Crippen molar-refractivity contribution in [1.29, 1.82) is 0 Å². The zero-order chi connectivity index (χ0) is 14.1. The van der Waals surface area contributed by atoms with E-state index in [0.29, 0.717) is 10.6 Å². The Morgan fingerprint density at radius 1 is 1.15 bits per heavy atom. The second-order valence-electron chi connectivity index (χ2n) is 4.38. The fourth-order valence-electron chi connectivity index (χ4n) is 2.27. The first kappa shape index (κ1) is 12.6. The van der Waals surface area contributed by atoms with Crippen LogP contribution in [0.4, 0.5) is 0 Å². The minimum absolute atomic E-state index is 0.330. The molecule has 20 heavy (non-hydrogen) atoms. The maximum Gasteiger partial charge on any atom is 0.279 e. The molecule has 0 saturated heterocycles. The Balaban J connectivity index is 2.31. The van der Waals surface area contributed by atoms with Crippen LogP contribution in [-0.2, 0) is 0 Å². The number of nitrogens with zero attached hydrogens (tertiary/aromatic N) is 2. The molecule has 0 unspecified atom stereocenters. The van der Waals surface area contributed by atoms with Gasteiger partial charge in [-0.15, -0.1) is 0 Å². The molecule has 2 aromatic heterocycles. The number of aromatic nitrogens is 1. The highest BCUT2D eigenvalue weighted by Gasteiger charge is 2.17. The van der Waals surface area contributed by atoms with Crippen LogP contribution >= 0.6 is 11.6 Å². The molecule has 3 aromatic rings. The lowest BCUT2D eigenvalue weighted by atomic mass is 10.0. The molecule has 4 heteroatoms. The summed E-state index contributed by atoms with van der Waals surface area (Å²) in [5.74, 6) is -0.330. The molecule has 0 fully saturated rings. The van der Waals surface area contributed by atoms with Crippen molar-refractivity contribution in [3.05, 3.63) is 65.4 Å². The summed E-state index contributed by atoms with van der Waals surface area (Å²) in [6.07, 6.45) is 3.81. The zero-order valence-corrected chi connectivity index (χ0v) is 11.3. The third-order valence-corrected chi connectivity index (χ3v) is 3.45. The molecule has 0 atom stereocenters. The lowest BCUT2D eigenvalue weighted by Crippen LogP contribution is -1.95. The number of amides is 1. The molecule has 98 valence electrons. The number of carbonyl (C=O) groups excluding carboxylic acids is 1. The van der Waals surface area contributed by atoms with Gasteiger partial charge in [0.1, 0.15) is 0 Å². The topological polar surface area (TPSA) is 33.8 Å². The number of hydrogen-bond acceptors (Lipinski definition) is 1. The summed E-state index contributed by atoms with van der Waals surface area (Å²) in [4.78, 5) is 15.6. The van der Waals surface area contributed by atoms with Crippen molar-refractivity contribution < 1.29 is 4.79 Å². The van der Waals surface area contributed by atoms with Crippen LogP contribution < -0.4 is 0 Å². The smallest absolute Gasteiger partial charge is 0.279 e. The molecule has 0 bridgehead atoms. The molecule has 1 aromatic carbocycles. The quantitative estimate of drug-likeness (QED) is 0.652. The van der Waals surface area contributed by atoms with E-state index in [2.05, 4.69) is 11.7 Å². The first-order valence-corrected chi connectivity index (χ1v) is 6.45. The van der Waals surface area contributed by atoms with E-state index in [0.717, 1.165) is 16.6 Å². The van der Waals surface area contributed by atoms with Crippen LogP contribution in [0.3, 0.4) is 0 Å². The Morgan fingerprint density at radius 3 is 2.60 bits per heavy atom. The predicted molar refractivity (Wildman–Crippen MR) is 81.7 cm³/mol. The Kier molecular flexibility index (Phi) is 3.12. The maximum absolute atomic E-state index is 12.1. The lowest BCUT2D eigenvalue weighted by Gasteiger charge is -2.01. The Labute approximate surface area is 121 Å². The van der Waals surface area contributed by atoms with Crippen molar-refractivity contribution in [1.82, 2.24) is 4.40 Å². The number of benzene rings is 1. The van der Waals surface area contributed by atoms with Gasteiger partial charge in [-0.3, -0.25) is 4.79 Å². The molecule has 0 aliphatic heterocycles. The zero-order valence-electron chi connectivity index (χ0n) is 10.6. The average molecular weight is 283 g/mol. The van der Waals surface area contributed by atoms with Crippen molar-refractivity contribution in [3.8, 4) is 11.1 Å². The van der Waals surface area contributed by atoms with Crippen molar-refractivity contribution in [3.63, 3.8) is 0 Å². The molecule has 3 rings (SSSR count). The van der Waals surface area contributed by atoms with Gasteiger partial charge in [-0.05, 0) is 36.5 Å². The van der Waals surface area contributed by atoms with Crippen molar-refractivity contribution in [2.24, 2.45) is 4.99 Å². The second-order valence-corrected chi connectivity index (χ2v) is 4.82. The van der Waals surface area contributed by atoms with Crippen molar-refractivity contribution in [2.75, 3.05) is 0 Å². The molecule has 0 aliphatic rings. The first-order chi connectivity index (χ1) is 9.70. The highest BCUT2D eigenvalue weighted by Crippen LogP contribution is 2.30. The van der Waals surface area contributed by atoms with E-state index in [1.54, 1.807) is 12.1 Å². The fraction of sp³-hybridized carbons (Fsp3) is 0. The minimum atomic E-state index is -0.330. The van der Waals surface area contributed by atoms with Gasteiger partial charge in [0, 0.05) is 23.0 Å². The van der Waals surface area contributed by atoms with Gasteiger partial charge in [0.05, 0.1) is 11.1 Å². The SMILES string of the molecule is C=NC(=O)c1c(-c2ccc(Cl)cc2)cn2ccccc12. The van der Waals surface area contributed by atoms with Crippen LogP contribution in [0.2, 0.25) is 5.02 Å². The van der Waals surface area contributed by atoms with Crippen molar-refractivity contribution in [2.45, 2.75) is 0 Å².